The molecule has 0 atom stereocenters. The Morgan fingerprint density at radius 3 is 1.82 bits per heavy atom. The quantitative estimate of drug-likeness (QED) is 0.768. The molecule has 0 unspecified atom stereocenters. The Hall–Kier alpha value is -0.220. The lowest BCUT2D eigenvalue weighted by Gasteiger charge is -2.05. The number of phenolic OH excluding ortho intramolecular Hbond substituents is 2. The van der Waals surface area contributed by atoms with Crippen molar-refractivity contribution >= 4 is 31.9 Å². The minimum atomic E-state index is 0.0446. The van der Waals surface area contributed by atoms with Crippen LogP contribution in [0, 0.1) is 6.92 Å². The number of hydrogen-bond acceptors (Lipinski definition) is 2. The van der Waals surface area contributed by atoms with Crippen molar-refractivity contribution in [1.29, 1.82) is 0 Å². The molecular formula is C7H6Br2O2. The van der Waals surface area contributed by atoms with Gasteiger partial charge in [0, 0.05) is 6.07 Å². The van der Waals surface area contributed by atoms with Crippen molar-refractivity contribution < 1.29 is 10.2 Å². The molecule has 0 aromatic heterocycles. The first-order chi connectivity index (χ1) is 5.04. The van der Waals surface area contributed by atoms with Crippen LogP contribution in [0.1, 0.15) is 5.56 Å². The van der Waals surface area contributed by atoms with Crippen molar-refractivity contribution in [2.24, 2.45) is 0 Å². The summed E-state index contributed by atoms with van der Waals surface area (Å²) >= 11 is 6.35. The Kier molecular flexibility index (Phi) is 2.44. The van der Waals surface area contributed by atoms with E-state index in [1.54, 1.807) is 6.92 Å². The fraction of sp³-hybridized carbons (Fsp3) is 0.143. The highest BCUT2D eigenvalue weighted by Gasteiger charge is 2.09. The Morgan fingerprint density at radius 1 is 1.09 bits per heavy atom. The van der Waals surface area contributed by atoms with Crippen molar-refractivity contribution in [3.8, 4) is 11.5 Å². The zero-order chi connectivity index (χ0) is 8.59. The van der Waals surface area contributed by atoms with E-state index in [1.165, 1.54) is 6.07 Å². The summed E-state index contributed by atoms with van der Waals surface area (Å²) in [7, 11) is 0. The summed E-state index contributed by atoms with van der Waals surface area (Å²) in [5.41, 5.74) is 0.780. The third kappa shape index (κ3) is 1.51. The molecule has 0 spiro atoms. The van der Waals surface area contributed by atoms with Crippen molar-refractivity contribution in [3.05, 3.63) is 20.6 Å². The number of benzene rings is 1. The van der Waals surface area contributed by atoms with Crippen LogP contribution >= 0.6 is 31.9 Å². The number of hydrogen-bond donors (Lipinski definition) is 2. The molecule has 0 aliphatic heterocycles. The van der Waals surface area contributed by atoms with E-state index >= 15 is 0 Å². The lowest BCUT2D eigenvalue weighted by Crippen LogP contribution is -1.80. The van der Waals surface area contributed by atoms with E-state index in [4.69, 9.17) is 0 Å². The Labute approximate surface area is 81.1 Å². The van der Waals surface area contributed by atoms with Gasteiger partial charge >= 0.3 is 0 Å². The second kappa shape index (κ2) is 3.03. The summed E-state index contributed by atoms with van der Waals surface area (Å²) in [6.07, 6.45) is 0. The van der Waals surface area contributed by atoms with E-state index < -0.39 is 0 Å². The standard InChI is InChI=1S/C7H6Br2O2/c1-3-6(8)4(10)2-5(11)7(3)9/h2,10-11H,1H3. The molecule has 1 aromatic carbocycles. The van der Waals surface area contributed by atoms with Crippen LogP contribution in [0.3, 0.4) is 0 Å². The molecule has 2 nitrogen and oxygen atoms in total. The third-order valence-corrected chi connectivity index (χ3v) is 3.38. The van der Waals surface area contributed by atoms with Crippen LogP contribution in [0.25, 0.3) is 0 Å². The van der Waals surface area contributed by atoms with Crippen molar-refractivity contribution in [3.63, 3.8) is 0 Å². The summed E-state index contributed by atoms with van der Waals surface area (Å²) in [6.45, 7) is 1.79. The normalized spacial score (nSPS) is 10.1. The zero-order valence-electron chi connectivity index (χ0n) is 5.73. The molecule has 4 heteroatoms. The molecule has 0 aliphatic rings. The molecule has 0 aliphatic carbocycles. The average molecular weight is 282 g/mol. The lowest BCUT2D eigenvalue weighted by molar-refractivity contribution is 0.445. The molecule has 0 saturated carbocycles. The van der Waals surface area contributed by atoms with Crippen LogP contribution in [0.5, 0.6) is 11.5 Å². The van der Waals surface area contributed by atoms with E-state index in [-0.39, 0.29) is 11.5 Å². The molecular weight excluding hydrogens is 276 g/mol. The minimum absolute atomic E-state index is 0.0446. The van der Waals surface area contributed by atoms with Crippen molar-refractivity contribution in [2.75, 3.05) is 0 Å². The molecule has 1 aromatic rings. The average Bonchev–Trinajstić information content (AvgIpc) is 1.97. The highest BCUT2D eigenvalue weighted by atomic mass is 79.9. The van der Waals surface area contributed by atoms with Crippen LogP contribution in [0.4, 0.5) is 0 Å². The maximum Gasteiger partial charge on any atom is 0.133 e. The van der Waals surface area contributed by atoms with Gasteiger partial charge in [0.05, 0.1) is 8.95 Å². The smallest absolute Gasteiger partial charge is 0.133 e. The first-order valence-corrected chi connectivity index (χ1v) is 4.49. The molecule has 0 bridgehead atoms. The predicted octanol–water partition coefficient (Wildman–Crippen LogP) is 2.93. The maximum absolute atomic E-state index is 9.18. The van der Waals surface area contributed by atoms with Gasteiger partial charge in [0.25, 0.3) is 0 Å². The number of rotatable bonds is 0. The van der Waals surface area contributed by atoms with Gasteiger partial charge in [0.15, 0.2) is 0 Å². The molecule has 0 heterocycles. The molecule has 0 amide bonds. The number of phenols is 2. The molecule has 0 radical (unpaired) electrons. The fourth-order valence-electron chi connectivity index (χ4n) is 0.737. The van der Waals surface area contributed by atoms with E-state index in [1.807, 2.05) is 0 Å². The molecule has 0 saturated heterocycles. The fourth-order valence-corrected chi connectivity index (χ4v) is 1.63. The largest absolute Gasteiger partial charge is 0.507 e. The monoisotopic (exact) mass is 280 g/mol. The van der Waals surface area contributed by atoms with E-state index in [0.717, 1.165) is 5.56 Å². The van der Waals surface area contributed by atoms with Gasteiger partial charge in [-0.2, -0.15) is 0 Å². The van der Waals surface area contributed by atoms with Crippen LogP contribution < -0.4 is 0 Å². The second-order valence-electron chi connectivity index (χ2n) is 2.17. The van der Waals surface area contributed by atoms with E-state index in [9.17, 15) is 10.2 Å². The Balaban J connectivity index is 3.46. The molecule has 1 rings (SSSR count). The highest BCUT2D eigenvalue weighted by molar-refractivity contribution is 9.11. The first-order valence-electron chi connectivity index (χ1n) is 2.90. The van der Waals surface area contributed by atoms with Gasteiger partial charge in [-0.3, -0.25) is 0 Å². The van der Waals surface area contributed by atoms with Crippen LogP contribution in [0.15, 0.2) is 15.0 Å². The van der Waals surface area contributed by atoms with E-state index in [2.05, 4.69) is 31.9 Å². The highest BCUT2D eigenvalue weighted by Crippen LogP contribution is 2.38. The number of aromatic hydroxyl groups is 2. The predicted molar refractivity (Wildman–Crippen MR) is 49.9 cm³/mol. The lowest BCUT2D eigenvalue weighted by atomic mass is 10.2. The first kappa shape index (κ1) is 8.87. The van der Waals surface area contributed by atoms with Gasteiger partial charge < -0.3 is 10.2 Å². The van der Waals surface area contributed by atoms with Gasteiger partial charge in [-0.25, -0.2) is 0 Å². The molecule has 60 valence electrons. The van der Waals surface area contributed by atoms with Crippen LogP contribution in [-0.2, 0) is 0 Å². The molecule has 11 heavy (non-hydrogen) atoms. The van der Waals surface area contributed by atoms with Gasteiger partial charge in [-0.1, -0.05) is 0 Å². The summed E-state index contributed by atoms with van der Waals surface area (Å²) in [6, 6.07) is 1.28. The topological polar surface area (TPSA) is 40.5 Å². The minimum Gasteiger partial charge on any atom is -0.507 e. The number of halogens is 2. The summed E-state index contributed by atoms with van der Waals surface area (Å²) < 4.78 is 1.20. The Morgan fingerprint density at radius 2 is 1.45 bits per heavy atom. The van der Waals surface area contributed by atoms with Crippen LogP contribution in [0.2, 0.25) is 0 Å². The Bertz CT molecular complexity index is 271. The second-order valence-corrected chi connectivity index (χ2v) is 3.75. The molecule has 2 N–H and O–H groups in total. The van der Waals surface area contributed by atoms with Gasteiger partial charge in [0.1, 0.15) is 11.5 Å². The summed E-state index contributed by atoms with van der Waals surface area (Å²) in [5.74, 6) is 0.0893. The summed E-state index contributed by atoms with van der Waals surface area (Å²) in [5, 5.41) is 18.4. The van der Waals surface area contributed by atoms with Gasteiger partial charge in [-0.15, -0.1) is 0 Å². The molecule has 0 fully saturated rings. The van der Waals surface area contributed by atoms with Crippen molar-refractivity contribution in [2.45, 2.75) is 6.92 Å². The van der Waals surface area contributed by atoms with E-state index in [0.29, 0.717) is 8.95 Å². The van der Waals surface area contributed by atoms with Gasteiger partial charge in [-0.05, 0) is 44.3 Å². The SMILES string of the molecule is Cc1c(Br)c(O)cc(O)c1Br. The zero-order valence-corrected chi connectivity index (χ0v) is 8.90. The van der Waals surface area contributed by atoms with Crippen LogP contribution in [-0.4, -0.2) is 10.2 Å². The van der Waals surface area contributed by atoms with Gasteiger partial charge in [0.2, 0.25) is 0 Å². The van der Waals surface area contributed by atoms with Crippen molar-refractivity contribution in [1.82, 2.24) is 0 Å². The summed E-state index contributed by atoms with van der Waals surface area (Å²) in [4.78, 5) is 0. The third-order valence-electron chi connectivity index (χ3n) is 1.38. The maximum atomic E-state index is 9.18.